The van der Waals surface area contributed by atoms with Crippen molar-refractivity contribution in [2.45, 2.75) is 32.4 Å². The molecule has 0 radical (unpaired) electrons. The van der Waals surface area contributed by atoms with E-state index in [1.807, 2.05) is 6.92 Å². The third-order valence-electron chi connectivity index (χ3n) is 2.30. The third-order valence-corrected chi connectivity index (χ3v) is 2.30. The van der Waals surface area contributed by atoms with Crippen molar-refractivity contribution >= 4 is 5.91 Å². The number of hydrogen-bond donors (Lipinski definition) is 3. The van der Waals surface area contributed by atoms with E-state index >= 15 is 0 Å². The molecule has 0 saturated heterocycles. The van der Waals surface area contributed by atoms with E-state index in [1.165, 1.54) is 0 Å². The predicted octanol–water partition coefficient (Wildman–Crippen LogP) is 0.0863. The predicted molar refractivity (Wildman–Crippen MR) is 56.2 cm³/mol. The number of carbonyl (C=O) groups excluding carboxylic acids is 1. The molecule has 1 aromatic heterocycles. The first-order valence-corrected chi connectivity index (χ1v) is 5.24. The molecule has 1 fully saturated rings. The van der Waals surface area contributed by atoms with E-state index in [0.717, 1.165) is 24.4 Å². The van der Waals surface area contributed by atoms with Crippen molar-refractivity contribution in [3.8, 4) is 0 Å². The Morgan fingerprint density at radius 1 is 1.67 bits per heavy atom. The maximum absolute atomic E-state index is 11.3. The van der Waals surface area contributed by atoms with Gasteiger partial charge in [0, 0.05) is 24.5 Å². The number of aromatic nitrogens is 2. The minimum Gasteiger partial charge on any atom is -0.352 e. The van der Waals surface area contributed by atoms with E-state index < -0.39 is 0 Å². The molecule has 2 rings (SSSR count). The number of amides is 1. The number of rotatable bonds is 5. The number of H-pyrrole nitrogens is 1. The van der Waals surface area contributed by atoms with Gasteiger partial charge < -0.3 is 15.6 Å². The van der Waals surface area contributed by atoms with Crippen LogP contribution in [0.3, 0.4) is 0 Å². The number of aromatic amines is 1. The molecule has 0 aliphatic heterocycles. The molecule has 1 saturated carbocycles. The Balaban J connectivity index is 1.63. The van der Waals surface area contributed by atoms with Gasteiger partial charge in [0.05, 0.1) is 6.54 Å². The molecule has 0 bridgehead atoms. The summed E-state index contributed by atoms with van der Waals surface area (Å²) in [6, 6.07) is 0.439. The van der Waals surface area contributed by atoms with Crippen LogP contribution in [0.5, 0.6) is 0 Å². The summed E-state index contributed by atoms with van der Waals surface area (Å²) in [5.41, 5.74) is 1.01. The maximum atomic E-state index is 11.3. The molecule has 3 N–H and O–H groups in total. The van der Waals surface area contributed by atoms with E-state index in [0.29, 0.717) is 19.1 Å². The number of nitrogens with one attached hydrogen (secondary N) is 3. The fourth-order valence-corrected chi connectivity index (χ4v) is 1.38. The molecule has 82 valence electrons. The van der Waals surface area contributed by atoms with Crippen LogP contribution in [0.2, 0.25) is 0 Å². The van der Waals surface area contributed by atoms with E-state index in [4.69, 9.17) is 0 Å². The lowest BCUT2D eigenvalue weighted by Gasteiger charge is -2.03. The van der Waals surface area contributed by atoms with Crippen LogP contribution in [-0.4, -0.2) is 28.5 Å². The van der Waals surface area contributed by atoms with Crippen molar-refractivity contribution in [1.82, 2.24) is 20.6 Å². The van der Waals surface area contributed by atoms with E-state index in [1.54, 1.807) is 6.20 Å². The van der Waals surface area contributed by atoms with Gasteiger partial charge >= 0.3 is 0 Å². The van der Waals surface area contributed by atoms with Crippen LogP contribution in [-0.2, 0) is 11.3 Å². The van der Waals surface area contributed by atoms with Gasteiger partial charge in [0.2, 0.25) is 5.91 Å². The molecule has 0 aromatic carbocycles. The highest BCUT2D eigenvalue weighted by molar-refractivity contribution is 5.78. The quantitative estimate of drug-likeness (QED) is 0.642. The van der Waals surface area contributed by atoms with Gasteiger partial charge in [0.15, 0.2) is 0 Å². The van der Waals surface area contributed by atoms with Gasteiger partial charge in [0.25, 0.3) is 0 Å². The second kappa shape index (κ2) is 4.44. The Kier molecular flexibility index (Phi) is 3.01. The average Bonchev–Trinajstić information content (AvgIpc) is 2.89. The lowest BCUT2D eigenvalue weighted by molar-refractivity contribution is -0.120. The second-order valence-corrected chi connectivity index (χ2v) is 3.94. The van der Waals surface area contributed by atoms with Crippen LogP contribution in [0.1, 0.15) is 24.4 Å². The smallest absolute Gasteiger partial charge is 0.234 e. The van der Waals surface area contributed by atoms with Crippen LogP contribution in [0.4, 0.5) is 0 Å². The van der Waals surface area contributed by atoms with Gasteiger partial charge in [-0.25, -0.2) is 4.98 Å². The zero-order valence-corrected chi connectivity index (χ0v) is 8.84. The minimum atomic E-state index is 0.0775. The summed E-state index contributed by atoms with van der Waals surface area (Å²) in [6.45, 7) is 2.93. The highest BCUT2D eigenvalue weighted by Gasteiger charge is 2.22. The molecule has 0 spiro atoms. The summed E-state index contributed by atoms with van der Waals surface area (Å²) < 4.78 is 0. The first-order valence-electron chi connectivity index (χ1n) is 5.24. The van der Waals surface area contributed by atoms with Gasteiger partial charge in [-0.1, -0.05) is 0 Å². The normalized spacial score (nSPS) is 15.3. The lowest BCUT2D eigenvalue weighted by atomic mass is 10.4. The molecule has 1 aliphatic carbocycles. The molecule has 1 aliphatic rings. The Hall–Kier alpha value is -1.36. The molecule has 5 heteroatoms. The van der Waals surface area contributed by atoms with E-state index in [2.05, 4.69) is 20.6 Å². The fraction of sp³-hybridized carbons (Fsp3) is 0.600. The van der Waals surface area contributed by atoms with Crippen molar-refractivity contribution in [2.24, 2.45) is 0 Å². The van der Waals surface area contributed by atoms with E-state index in [-0.39, 0.29) is 5.91 Å². The number of nitrogens with zero attached hydrogens (tertiary/aromatic N) is 1. The topological polar surface area (TPSA) is 69.8 Å². The van der Waals surface area contributed by atoms with Crippen molar-refractivity contribution < 1.29 is 4.79 Å². The van der Waals surface area contributed by atoms with E-state index in [9.17, 15) is 4.79 Å². The summed E-state index contributed by atoms with van der Waals surface area (Å²) >= 11 is 0. The Morgan fingerprint density at radius 2 is 2.47 bits per heavy atom. The second-order valence-electron chi connectivity index (χ2n) is 3.94. The molecule has 1 heterocycles. The van der Waals surface area contributed by atoms with Crippen LogP contribution < -0.4 is 10.6 Å². The van der Waals surface area contributed by atoms with Crippen LogP contribution in [0.15, 0.2) is 6.20 Å². The molecule has 5 nitrogen and oxygen atoms in total. The first-order chi connectivity index (χ1) is 7.24. The number of hydrogen-bond acceptors (Lipinski definition) is 3. The minimum absolute atomic E-state index is 0.0775. The van der Waals surface area contributed by atoms with Crippen LogP contribution in [0.25, 0.3) is 0 Å². The number of carbonyl (C=O) groups is 1. The van der Waals surface area contributed by atoms with Gasteiger partial charge in [-0.2, -0.15) is 0 Å². The molecule has 0 unspecified atom stereocenters. The molecule has 0 atom stereocenters. The van der Waals surface area contributed by atoms with Crippen LogP contribution in [0, 0.1) is 6.92 Å². The molecule has 1 amide bonds. The third kappa shape index (κ3) is 3.36. The molecule has 15 heavy (non-hydrogen) atoms. The first kappa shape index (κ1) is 10.2. The monoisotopic (exact) mass is 208 g/mol. The highest BCUT2D eigenvalue weighted by atomic mass is 16.2. The van der Waals surface area contributed by atoms with Crippen molar-refractivity contribution in [1.29, 1.82) is 0 Å². The standard InChI is InChI=1S/C10H16N4O/c1-7-12-5-9(13-7)4-11-6-10(15)14-8-2-3-8/h5,8,11H,2-4,6H2,1H3,(H,12,13)(H,14,15). The fourth-order valence-electron chi connectivity index (χ4n) is 1.38. The molecular weight excluding hydrogens is 192 g/mol. The van der Waals surface area contributed by atoms with Crippen LogP contribution >= 0.6 is 0 Å². The van der Waals surface area contributed by atoms with Gasteiger partial charge in [-0.15, -0.1) is 0 Å². The lowest BCUT2D eigenvalue weighted by Crippen LogP contribution is -2.34. The van der Waals surface area contributed by atoms with Gasteiger partial charge in [-0.05, 0) is 19.8 Å². The summed E-state index contributed by atoms with van der Waals surface area (Å²) in [5, 5.41) is 5.98. The summed E-state index contributed by atoms with van der Waals surface area (Å²) in [7, 11) is 0. The van der Waals surface area contributed by atoms with Gasteiger partial charge in [0.1, 0.15) is 5.82 Å². The SMILES string of the molecule is Cc1ncc(CNCC(=O)NC2CC2)[nH]1. The Bertz CT molecular complexity index is 343. The zero-order valence-electron chi connectivity index (χ0n) is 8.84. The highest BCUT2D eigenvalue weighted by Crippen LogP contribution is 2.18. The number of imidazole rings is 1. The maximum Gasteiger partial charge on any atom is 0.234 e. The van der Waals surface area contributed by atoms with Crippen molar-refractivity contribution in [3.63, 3.8) is 0 Å². The zero-order chi connectivity index (χ0) is 10.7. The van der Waals surface area contributed by atoms with Gasteiger partial charge in [-0.3, -0.25) is 4.79 Å². The number of aryl methyl sites for hydroxylation is 1. The average molecular weight is 208 g/mol. The Morgan fingerprint density at radius 3 is 3.07 bits per heavy atom. The summed E-state index contributed by atoms with van der Waals surface area (Å²) in [4.78, 5) is 18.5. The summed E-state index contributed by atoms with van der Waals surface area (Å²) in [6.07, 6.45) is 4.04. The van der Waals surface area contributed by atoms with Crippen molar-refractivity contribution in [3.05, 3.63) is 17.7 Å². The largest absolute Gasteiger partial charge is 0.352 e. The molecular formula is C10H16N4O. The Labute approximate surface area is 88.7 Å². The molecule has 1 aromatic rings. The van der Waals surface area contributed by atoms with Crippen molar-refractivity contribution in [2.75, 3.05) is 6.54 Å². The summed E-state index contributed by atoms with van der Waals surface area (Å²) in [5.74, 6) is 0.975.